The lowest BCUT2D eigenvalue weighted by Gasteiger charge is -2.10. The van der Waals surface area contributed by atoms with Gasteiger partial charge in [0, 0.05) is 22.0 Å². The smallest absolute Gasteiger partial charge is 0.127 e. The normalized spacial score (nSPS) is 10.8. The van der Waals surface area contributed by atoms with E-state index in [9.17, 15) is 0 Å². The van der Waals surface area contributed by atoms with E-state index in [1.165, 1.54) is 0 Å². The van der Waals surface area contributed by atoms with Crippen molar-refractivity contribution in [2.24, 2.45) is 0 Å². The summed E-state index contributed by atoms with van der Waals surface area (Å²) in [6.45, 7) is 1.17. The highest BCUT2D eigenvalue weighted by Crippen LogP contribution is 2.31. The van der Waals surface area contributed by atoms with Gasteiger partial charge in [0.2, 0.25) is 0 Å². The fraction of sp³-hybridized carbons (Fsp3) is 0.133. The SMILES string of the molecule is Nc1cnn(CCOc2ccc(Cl)c3ccccc23)c1. The lowest BCUT2D eigenvalue weighted by Crippen LogP contribution is -2.08. The maximum Gasteiger partial charge on any atom is 0.127 e. The Morgan fingerprint density at radius 3 is 2.70 bits per heavy atom. The number of benzene rings is 2. The number of nitrogens with two attached hydrogens (primary N) is 1. The fourth-order valence-electron chi connectivity index (χ4n) is 2.11. The molecule has 2 N–H and O–H groups in total. The molecule has 0 saturated heterocycles. The van der Waals surface area contributed by atoms with Gasteiger partial charge in [0.15, 0.2) is 0 Å². The van der Waals surface area contributed by atoms with Crippen LogP contribution in [0.1, 0.15) is 0 Å². The van der Waals surface area contributed by atoms with Crippen LogP contribution in [0.25, 0.3) is 10.8 Å². The number of fused-ring (bicyclic) bond motifs is 1. The van der Waals surface area contributed by atoms with Crippen molar-refractivity contribution in [3.63, 3.8) is 0 Å². The molecule has 0 bridgehead atoms. The zero-order valence-corrected chi connectivity index (χ0v) is 11.5. The van der Waals surface area contributed by atoms with Gasteiger partial charge in [0.25, 0.3) is 0 Å². The van der Waals surface area contributed by atoms with Crippen molar-refractivity contribution in [3.05, 3.63) is 53.8 Å². The minimum Gasteiger partial charge on any atom is -0.491 e. The largest absolute Gasteiger partial charge is 0.491 e. The summed E-state index contributed by atoms with van der Waals surface area (Å²) in [6, 6.07) is 11.7. The highest BCUT2D eigenvalue weighted by atomic mass is 35.5. The molecule has 5 heteroatoms. The first-order valence-corrected chi connectivity index (χ1v) is 6.70. The van der Waals surface area contributed by atoms with Crippen molar-refractivity contribution in [2.45, 2.75) is 6.54 Å². The standard InChI is InChI=1S/C15H14ClN3O/c16-14-5-6-15(13-4-2-1-3-12(13)14)20-8-7-19-10-11(17)9-18-19/h1-6,9-10H,7-8,17H2. The van der Waals surface area contributed by atoms with Gasteiger partial charge in [0.05, 0.1) is 18.4 Å². The summed E-state index contributed by atoms with van der Waals surface area (Å²) < 4.78 is 7.58. The molecular formula is C15H14ClN3O. The summed E-state index contributed by atoms with van der Waals surface area (Å²) in [6.07, 6.45) is 3.40. The molecule has 0 unspecified atom stereocenters. The van der Waals surface area contributed by atoms with Crippen LogP contribution in [0.3, 0.4) is 0 Å². The molecule has 0 radical (unpaired) electrons. The van der Waals surface area contributed by atoms with Gasteiger partial charge in [0.1, 0.15) is 12.4 Å². The van der Waals surface area contributed by atoms with Gasteiger partial charge in [-0.2, -0.15) is 5.10 Å². The van der Waals surface area contributed by atoms with Crippen LogP contribution in [0.4, 0.5) is 5.69 Å². The Labute approximate surface area is 121 Å². The highest BCUT2D eigenvalue weighted by molar-refractivity contribution is 6.35. The van der Waals surface area contributed by atoms with Gasteiger partial charge >= 0.3 is 0 Å². The molecular weight excluding hydrogens is 274 g/mol. The number of rotatable bonds is 4. The topological polar surface area (TPSA) is 53.1 Å². The molecule has 20 heavy (non-hydrogen) atoms. The van der Waals surface area contributed by atoms with Crippen molar-refractivity contribution < 1.29 is 4.74 Å². The van der Waals surface area contributed by atoms with Crippen LogP contribution in [0.5, 0.6) is 5.75 Å². The number of ether oxygens (including phenoxy) is 1. The average molecular weight is 288 g/mol. The summed E-state index contributed by atoms with van der Waals surface area (Å²) in [7, 11) is 0. The van der Waals surface area contributed by atoms with E-state index in [2.05, 4.69) is 5.10 Å². The Balaban J connectivity index is 1.76. The van der Waals surface area contributed by atoms with Crippen LogP contribution < -0.4 is 10.5 Å². The van der Waals surface area contributed by atoms with E-state index < -0.39 is 0 Å². The molecule has 2 aromatic carbocycles. The van der Waals surface area contributed by atoms with Gasteiger partial charge < -0.3 is 10.5 Å². The van der Waals surface area contributed by atoms with Crippen LogP contribution in [0.2, 0.25) is 5.02 Å². The molecule has 0 spiro atoms. The van der Waals surface area contributed by atoms with Gasteiger partial charge in [-0.25, -0.2) is 0 Å². The summed E-state index contributed by atoms with van der Waals surface area (Å²) in [5.74, 6) is 0.824. The zero-order valence-electron chi connectivity index (χ0n) is 10.8. The molecule has 3 rings (SSSR count). The van der Waals surface area contributed by atoms with E-state index >= 15 is 0 Å². The predicted molar refractivity (Wildman–Crippen MR) is 81.1 cm³/mol. The Bertz CT molecular complexity index is 739. The van der Waals surface area contributed by atoms with E-state index in [-0.39, 0.29) is 0 Å². The van der Waals surface area contributed by atoms with Gasteiger partial charge in [-0.3, -0.25) is 4.68 Å². The molecule has 0 amide bonds. The van der Waals surface area contributed by atoms with Crippen LogP contribution in [0, 0.1) is 0 Å². The van der Waals surface area contributed by atoms with Gasteiger partial charge in [-0.05, 0) is 12.1 Å². The predicted octanol–water partition coefficient (Wildman–Crippen LogP) is 3.35. The lowest BCUT2D eigenvalue weighted by atomic mass is 10.1. The highest BCUT2D eigenvalue weighted by Gasteiger charge is 2.05. The summed E-state index contributed by atoms with van der Waals surface area (Å²) in [5.41, 5.74) is 6.27. The van der Waals surface area contributed by atoms with Crippen LogP contribution in [-0.2, 0) is 6.54 Å². The first kappa shape index (κ1) is 12.8. The van der Waals surface area contributed by atoms with E-state index in [4.69, 9.17) is 22.1 Å². The minimum atomic E-state index is 0.521. The second-order valence-electron chi connectivity index (χ2n) is 4.48. The number of nitrogen functional groups attached to an aromatic ring is 1. The Morgan fingerprint density at radius 2 is 1.95 bits per heavy atom. The summed E-state index contributed by atoms with van der Waals surface area (Å²) in [4.78, 5) is 0. The number of hydrogen-bond donors (Lipinski definition) is 1. The molecule has 1 aromatic heterocycles. The molecule has 0 aliphatic rings. The molecule has 3 aromatic rings. The van der Waals surface area contributed by atoms with E-state index in [0.717, 1.165) is 21.5 Å². The molecule has 0 aliphatic carbocycles. The van der Waals surface area contributed by atoms with Crippen molar-refractivity contribution in [3.8, 4) is 5.75 Å². The molecule has 0 atom stereocenters. The first-order chi connectivity index (χ1) is 9.74. The Hall–Kier alpha value is -2.20. The van der Waals surface area contributed by atoms with E-state index in [1.54, 1.807) is 17.1 Å². The number of halogens is 1. The zero-order chi connectivity index (χ0) is 13.9. The molecule has 102 valence electrons. The monoisotopic (exact) mass is 287 g/mol. The number of aromatic nitrogens is 2. The maximum absolute atomic E-state index is 6.18. The molecule has 0 saturated carbocycles. The maximum atomic E-state index is 6.18. The van der Waals surface area contributed by atoms with Crippen molar-refractivity contribution in [1.82, 2.24) is 9.78 Å². The third-order valence-corrected chi connectivity index (χ3v) is 3.39. The third-order valence-electron chi connectivity index (χ3n) is 3.06. The van der Waals surface area contributed by atoms with E-state index in [0.29, 0.717) is 18.8 Å². The number of nitrogens with zero attached hydrogens (tertiary/aromatic N) is 2. The summed E-state index contributed by atoms with van der Waals surface area (Å²) >= 11 is 6.18. The quantitative estimate of drug-likeness (QED) is 0.800. The molecule has 4 nitrogen and oxygen atoms in total. The third kappa shape index (κ3) is 2.56. The van der Waals surface area contributed by atoms with Gasteiger partial charge in [-0.15, -0.1) is 0 Å². The summed E-state index contributed by atoms with van der Waals surface area (Å²) in [5, 5.41) is 6.85. The van der Waals surface area contributed by atoms with E-state index in [1.807, 2.05) is 36.4 Å². The number of hydrogen-bond acceptors (Lipinski definition) is 3. The van der Waals surface area contributed by atoms with Crippen LogP contribution >= 0.6 is 11.6 Å². The fourth-order valence-corrected chi connectivity index (χ4v) is 2.34. The molecule has 0 aliphatic heterocycles. The second kappa shape index (κ2) is 5.43. The Kier molecular flexibility index (Phi) is 3.48. The van der Waals surface area contributed by atoms with Crippen molar-refractivity contribution in [1.29, 1.82) is 0 Å². The van der Waals surface area contributed by atoms with Crippen LogP contribution in [0.15, 0.2) is 48.8 Å². The number of anilines is 1. The lowest BCUT2D eigenvalue weighted by molar-refractivity contribution is 0.294. The average Bonchev–Trinajstić information content (AvgIpc) is 2.87. The molecule has 0 fully saturated rings. The minimum absolute atomic E-state index is 0.521. The Morgan fingerprint density at radius 1 is 1.15 bits per heavy atom. The van der Waals surface area contributed by atoms with Crippen LogP contribution in [-0.4, -0.2) is 16.4 Å². The van der Waals surface area contributed by atoms with Crippen molar-refractivity contribution in [2.75, 3.05) is 12.3 Å². The van der Waals surface area contributed by atoms with Crippen molar-refractivity contribution >= 4 is 28.1 Å². The van der Waals surface area contributed by atoms with Gasteiger partial charge in [-0.1, -0.05) is 35.9 Å². The molecule has 1 heterocycles. The second-order valence-corrected chi connectivity index (χ2v) is 4.88. The first-order valence-electron chi connectivity index (χ1n) is 6.32.